The van der Waals surface area contributed by atoms with Gasteiger partial charge in [0.1, 0.15) is 0 Å². The zero-order valence-electron chi connectivity index (χ0n) is 17.8. The first kappa shape index (κ1) is 23.8. The number of hydrogen-bond donors (Lipinski definition) is 0. The molecule has 3 aromatic rings. The third-order valence-corrected chi connectivity index (χ3v) is 5.93. The highest BCUT2D eigenvalue weighted by Crippen LogP contribution is 2.32. The van der Waals surface area contributed by atoms with Crippen LogP contribution in [0.25, 0.3) is 10.2 Å². The SMILES string of the molecule is COC(=O)c1ccccc1C(=O)N(CCN(C)C)c1nc2c(C)c(C)ccc2s1.Cl. The minimum atomic E-state index is -0.530. The van der Waals surface area contributed by atoms with Gasteiger partial charge in [0, 0.05) is 13.1 Å². The second kappa shape index (κ2) is 10.0. The van der Waals surface area contributed by atoms with Crippen molar-refractivity contribution in [3.05, 3.63) is 58.7 Å². The minimum absolute atomic E-state index is 0. The molecule has 0 N–H and O–H groups in total. The number of esters is 1. The zero-order valence-corrected chi connectivity index (χ0v) is 19.4. The summed E-state index contributed by atoms with van der Waals surface area (Å²) in [6.45, 7) is 5.22. The Morgan fingerprint density at radius 3 is 2.33 bits per heavy atom. The Balaban J connectivity index is 0.00000320. The molecule has 0 atom stereocenters. The molecule has 0 aliphatic rings. The molecule has 0 bridgehead atoms. The van der Waals surface area contributed by atoms with Gasteiger partial charge in [-0.1, -0.05) is 29.5 Å². The lowest BCUT2D eigenvalue weighted by molar-refractivity contribution is 0.0597. The molecule has 0 unspecified atom stereocenters. The van der Waals surface area contributed by atoms with Crippen LogP contribution >= 0.6 is 23.7 Å². The Morgan fingerprint density at radius 1 is 1.03 bits per heavy atom. The molecule has 0 fully saturated rings. The van der Waals surface area contributed by atoms with E-state index in [1.807, 2.05) is 32.0 Å². The van der Waals surface area contributed by atoms with Crippen molar-refractivity contribution < 1.29 is 14.3 Å². The molecule has 2 aromatic carbocycles. The number of ether oxygens (including phenoxy) is 1. The van der Waals surface area contributed by atoms with Crippen LogP contribution in [0.1, 0.15) is 31.8 Å². The van der Waals surface area contributed by atoms with Gasteiger partial charge in [-0.3, -0.25) is 9.69 Å². The number of carbonyl (C=O) groups excluding carboxylic acids is 2. The Bertz CT molecular complexity index is 1060. The van der Waals surface area contributed by atoms with E-state index in [-0.39, 0.29) is 23.9 Å². The van der Waals surface area contributed by atoms with Crippen LogP contribution in [-0.4, -0.2) is 56.1 Å². The molecule has 3 rings (SSSR count). The Hall–Kier alpha value is -2.48. The van der Waals surface area contributed by atoms with Crippen LogP contribution in [0.5, 0.6) is 0 Å². The van der Waals surface area contributed by atoms with Gasteiger partial charge in [0.2, 0.25) is 0 Å². The maximum Gasteiger partial charge on any atom is 0.338 e. The number of likely N-dealkylation sites (N-methyl/N-ethyl adjacent to an activating group) is 1. The first-order chi connectivity index (χ1) is 13.8. The molecule has 8 heteroatoms. The summed E-state index contributed by atoms with van der Waals surface area (Å²) in [5.74, 6) is -0.793. The summed E-state index contributed by atoms with van der Waals surface area (Å²) in [5.41, 5.74) is 3.75. The van der Waals surface area contributed by atoms with Crippen LogP contribution in [0.15, 0.2) is 36.4 Å². The number of rotatable bonds is 6. The number of benzene rings is 2. The number of nitrogens with zero attached hydrogens (tertiary/aromatic N) is 3. The predicted molar refractivity (Wildman–Crippen MR) is 124 cm³/mol. The van der Waals surface area contributed by atoms with Crippen LogP contribution in [0, 0.1) is 13.8 Å². The standard InChI is InChI=1S/C22H25N3O3S.ClH/c1-14-10-11-18-19(15(14)2)23-22(29-18)25(13-12-24(3)4)20(26)16-8-6-7-9-17(16)21(27)28-5;/h6-11H,12-13H2,1-5H3;1H. The van der Waals surface area contributed by atoms with E-state index in [4.69, 9.17) is 9.72 Å². The van der Waals surface area contributed by atoms with Gasteiger partial charge in [0.15, 0.2) is 5.13 Å². The number of aryl methyl sites for hydroxylation is 2. The Kier molecular flexibility index (Phi) is 7.95. The molecule has 160 valence electrons. The highest BCUT2D eigenvalue weighted by Gasteiger charge is 2.26. The van der Waals surface area contributed by atoms with Gasteiger partial charge in [0.25, 0.3) is 5.91 Å². The first-order valence-corrected chi connectivity index (χ1v) is 10.2. The molecule has 0 spiro atoms. The van der Waals surface area contributed by atoms with E-state index >= 15 is 0 Å². The van der Waals surface area contributed by atoms with Crippen molar-refractivity contribution in [1.29, 1.82) is 0 Å². The molecule has 1 aromatic heterocycles. The summed E-state index contributed by atoms with van der Waals surface area (Å²) >= 11 is 1.48. The molecule has 30 heavy (non-hydrogen) atoms. The van der Waals surface area contributed by atoms with Gasteiger partial charge in [0.05, 0.1) is 28.5 Å². The van der Waals surface area contributed by atoms with Gasteiger partial charge in [-0.2, -0.15) is 0 Å². The van der Waals surface area contributed by atoms with E-state index in [1.54, 1.807) is 29.2 Å². The zero-order chi connectivity index (χ0) is 21.1. The van der Waals surface area contributed by atoms with Crippen LogP contribution in [-0.2, 0) is 4.74 Å². The summed E-state index contributed by atoms with van der Waals surface area (Å²) in [4.78, 5) is 34.1. The smallest absolute Gasteiger partial charge is 0.338 e. The van der Waals surface area contributed by atoms with Gasteiger partial charge >= 0.3 is 5.97 Å². The van der Waals surface area contributed by atoms with Crippen LogP contribution in [0.3, 0.4) is 0 Å². The highest BCUT2D eigenvalue weighted by atomic mass is 35.5. The van der Waals surface area contributed by atoms with Crippen molar-refractivity contribution in [2.24, 2.45) is 0 Å². The van der Waals surface area contributed by atoms with Gasteiger partial charge < -0.3 is 9.64 Å². The Labute approximate surface area is 186 Å². The van der Waals surface area contributed by atoms with Crippen LogP contribution in [0.4, 0.5) is 5.13 Å². The third-order valence-electron chi connectivity index (χ3n) is 4.88. The molecule has 0 radical (unpaired) electrons. The molecular formula is C22H26ClN3O3S. The number of halogens is 1. The largest absolute Gasteiger partial charge is 0.465 e. The molecule has 0 aliphatic heterocycles. The number of fused-ring (bicyclic) bond motifs is 1. The van der Waals surface area contributed by atoms with E-state index in [0.717, 1.165) is 21.3 Å². The van der Waals surface area contributed by atoms with Gasteiger partial charge in [-0.15, -0.1) is 12.4 Å². The molecule has 1 heterocycles. The summed E-state index contributed by atoms with van der Waals surface area (Å²) in [5, 5.41) is 0.625. The lowest BCUT2D eigenvalue weighted by atomic mass is 10.1. The average Bonchev–Trinajstić information content (AvgIpc) is 3.14. The van der Waals surface area contributed by atoms with Crippen molar-refractivity contribution in [2.75, 3.05) is 39.2 Å². The Morgan fingerprint density at radius 2 is 1.70 bits per heavy atom. The van der Waals surface area contributed by atoms with E-state index in [0.29, 0.717) is 23.8 Å². The maximum absolute atomic E-state index is 13.5. The monoisotopic (exact) mass is 447 g/mol. The second-order valence-electron chi connectivity index (χ2n) is 7.15. The number of thiazole rings is 1. The minimum Gasteiger partial charge on any atom is -0.465 e. The fourth-order valence-electron chi connectivity index (χ4n) is 3.02. The van der Waals surface area contributed by atoms with Crippen molar-refractivity contribution in [3.8, 4) is 0 Å². The van der Waals surface area contributed by atoms with Crippen molar-refractivity contribution >= 4 is 51.0 Å². The fourth-order valence-corrected chi connectivity index (χ4v) is 4.07. The first-order valence-electron chi connectivity index (χ1n) is 9.34. The number of aromatic nitrogens is 1. The molecular weight excluding hydrogens is 422 g/mol. The topological polar surface area (TPSA) is 62.7 Å². The van der Waals surface area contributed by atoms with Crippen LogP contribution in [0.2, 0.25) is 0 Å². The predicted octanol–water partition coefficient (Wildman–Crippen LogP) is 4.33. The number of amides is 1. The summed E-state index contributed by atoms with van der Waals surface area (Å²) in [7, 11) is 5.22. The number of carbonyl (C=O) groups is 2. The van der Waals surface area contributed by atoms with E-state index in [2.05, 4.69) is 13.0 Å². The normalized spacial score (nSPS) is 10.7. The number of hydrogen-bond acceptors (Lipinski definition) is 6. The second-order valence-corrected chi connectivity index (χ2v) is 8.16. The molecule has 6 nitrogen and oxygen atoms in total. The van der Waals surface area contributed by atoms with Gasteiger partial charge in [-0.25, -0.2) is 9.78 Å². The van der Waals surface area contributed by atoms with E-state index < -0.39 is 5.97 Å². The van der Waals surface area contributed by atoms with Crippen molar-refractivity contribution in [2.45, 2.75) is 13.8 Å². The third kappa shape index (κ3) is 4.80. The van der Waals surface area contributed by atoms with Gasteiger partial charge in [-0.05, 0) is 57.3 Å². The maximum atomic E-state index is 13.5. The lowest BCUT2D eigenvalue weighted by Crippen LogP contribution is -2.37. The summed E-state index contributed by atoms with van der Waals surface area (Å²) in [6.07, 6.45) is 0. The lowest BCUT2D eigenvalue weighted by Gasteiger charge is -2.22. The number of methoxy groups -OCH3 is 1. The summed E-state index contributed by atoms with van der Waals surface area (Å²) in [6, 6.07) is 10.8. The molecule has 1 amide bonds. The van der Waals surface area contributed by atoms with Crippen molar-refractivity contribution in [1.82, 2.24) is 9.88 Å². The molecule has 0 saturated heterocycles. The van der Waals surface area contributed by atoms with E-state index in [9.17, 15) is 9.59 Å². The molecule has 0 saturated carbocycles. The van der Waals surface area contributed by atoms with Crippen molar-refractivity contribution in [3.63, 3.8) is 0 Å². The molecule has 0 aliphatic carbocycles. The summed E-state index contributed by atoms with van der Waals surface area (Å²) < 4.78 is 5.89. The average molecular weight is 448 g/mol. The van der Waals surface area contributed by atoms with E-state index in [1.165, 1.54) is 18.4 Å². The number of anilines is 1. The van der Waals surface area contributed by atoms with Crippen LogP contribution < -0.4 is 4.90 Å². The fraction of sp³-hybridized carbons (Fsp3) is 0.318. The highest BCUT2D eigenvalue weighted by molar-refractivity contribution is 7.22. The quantitative estimate of drug-likeness (QED) is 0.526.